The standard InChI is InChI=1S/C20H22N2O4S2/c1-24-14-5-6-17-18(12-14)28-20(22(17)7-8-27-4)21-19(23)13-9-15(25-2)11-16(10-13)26-3/h5-6,9-12H,7-8H2,1-4H3. The summed E-state index contributed by atoms with van der Waals surface area (Å²) in [6, 6.07) is 10.9. The van der Waals surface area contributed by atoms with Crippen LogP contribution in [0.4, 0.5) is 0 Å². The molecule has 0 spiro atoms. The maximum atomic E-state index is 12.9. The average Bonchev–Trinajstić information content (AvgIpc) is 3.07. The van der Waals surface area contributed by atoms with Gasteiger partial charge in [0, 0.05) is 23.9 Å². The van der Waals surface area contributed by atoms with Gasteiger partial charge in [0.05, 0.1) is 31.5 Å². The first-order chi connectivity index (χ1) is 13.6. The molecule has 1 heterocycles. The lowest BCUT2D eigenvalue weighted by Crippen LogP contribution is -2.18. The Morgan fingerprint density at radius 3 is 2.32 bits per heavy atom. The van der Waals surface area contributed by atoms with Gasteiger partial charge in [-0.15, -0.1) is 0 Å². The normalized spacial score (nSPS) is 11.6. The molecule has 0 bridgehead atoms. The van der Waals surface area contributed by atoms with Gasteiger partial charge < -0.3 is 18.8 Å². The maximum Gasteiger partial charge on any atom is 0.279 e. The van der Waals surface area contributed by atoms with Gasteiger partial charge in [0.2, 0.25) is 0 Å². The average molecular weight is 419 g/mol. The number of fused-ring (bicyclic) bond motifs is 1. The van der Waals surface area contributed by atoms with Gasteiger partial charge >= 0.3 is 0 Å². The van der Waals surface area contributed by atoms with Gasteiger partial charge in [-0.2, -0.15) is 16.8 Å². The van der Waals surface area contributed by atoms with Gasteiger partial charge in [-0.25, -0.2) is 0 Å². The molecule has 6 nitrogen and oxygen atoms in total. The molecule has 1 aromatic heterocycles. The van der Waals surface area contributed by atoms with Gasteiger partial charge in [0.25, 0.3) is 5.91 Å². The number of benzene rings is 2. The summed E-state index contributed by atoms with van der Waals surface area (Å²) in [5.41, 5.74) is 1.46. The molecule has 2 aromatic carbocycles. The molecule has 0 unspecified atom stereocenters. The Morgan fingerprint density at radius 2 is 1.71 bits per heavy atom. The monoisotopic (exact) mass is 418 g/mol. The second kappa shape index (κ2) is 9.16. The number of thiazole rings is 1. The first-order valence-electron chi connectivity index (χ1n) is 8.58. The Hall–Kier alpha value is -2.45. The molecule has 0 fully saturated rings. The third-order valence-corrected chi connectivity index (χ3v) is 5.84. The number of hydrogen-bond donors (Lipinski definition) is 0. The van der Waals surface area contributed by atoms with Gasteiger partial charge in [0.15, 0.2) is 4.80 Å². The lowest BCUT2D eigenvalue weighted by atomic mass is 10.2. The number of ether oxygens (including phenoxy) is 3. The summed E-state index contributed by atoms with van der Waals surface area (Å²) in [4.78, 5) is 17.9. The van der Waals surface area contributed by atoms with Crippen LogP contribution in [0.3, 0.4) is 0 Å². The van der Waals surface area contributed by atoms with E-state index < -0.39 is 0 Å². The van der Waals surface area contributed by atoms with Crippen molar-refractivity contribution in [3.63, 3.8) is 0 Å². The summed E-state index contributed by atoms with van der Waals surface area (Å²) in [5, 5.41) is 0. The van der Waals surface area contributed by atoms with Crippen molar-refractivity contribution in [1.82, 2.24) is 4.57 Å². The molecule has 0 radical (unpaired) electrons. The van der Waals surface area contributed by atoms with E-state index in [2.05, 4.69) is 15.8 Å². The van der Waals surface area contributed by atoms with Crippen molar-refractivity contribution < 1.29 is 19.0 Å². The van der Waals surface area contributed by atoms with E-state index in [1.165, 1.54) is 11.3 Å². The van der Waals surface area contributed by atoms with E-state index in [0.717, 1.165) is 28.3 Å². The van der Waals surface area contributed by atoms with Gasteiger partial charge in [-0.3, -0.25) is 4.79 Å². The molecule has 0 aliphatic heterocycles. The quantitative estimate of drug-likeness (QED) is 0.584. The van der Waals surface area contributed by atoms with E-state index in [1.807, 2.05) is 18.2 Å². The minimum Gasteiger partial charge on any atom is -0.497 e. The highest BCUT2D eigenvalue weighted by molar-refractivity contribution is 7.98. The molecule has 0 saturated heterocycles. The van der Waals surface area contributed by atoms with Crippen LogP contribution in [0.25, 0.3) is 10.2 Å². The number of thioether (sulfide) groups is 1. The van der Waals surface area contributed by atoms with Crippen LogP contribution < -0.4 is 19.0 Å². The van der Waals surface area contributed by atoms with E-state index in [9.17, 15) is 4.79 Å². The van der Waals surface area contributed by atoms with Crippen molar-refractivity contribution in [3.05, 3.63) is 46.8 Å². The lowest BCUT2D eigenvalue weighted by molar-refractivity contribution is 0.0997. The smallest absolute Gasteiger partial charge is 0.279 e. The number of rotatable bonds is 7. The molecular formula is C20H22N2O4S2. The first-order valence-corrected chi connectivity index (χ1v) is 10.8. The molecule has 148 valence electrons. The Morgan fingerprint density at radius 1 is 1.04 bits per heavy atom. The third kappa shape index (κ3) is 4.34. The minimum absolute atomic E-state index is 0.339. The Labute approximate surface area is 171 Å². The molecular weight excluding hydrogens is 396 g/mol. The van der Waals surface area contributed by atoms with Crippen LogP contribution >= 0.6 is 23.1 Å². The van der Waals surface area contributed by atoms with E-state index in [1.54, 1.807) is 51.3 Å². The van der Waals surface area contributed by atoms with Crippen LogP contribution in [-0.2, 0) is 6.54 Å². The van der Waals surface area contributed by atoms with Crippen molar-refractivity contribution in [2.45, 2.75) is 6.54 Å². The Kier molecular flexibility index (Phi) is 6.64. The Bertz CT molecular complexity index is 1030. The molecule has 0 saturated carbocycles. The van der Waals surface area contributed by atoms with Crippen LogP contribution in [-0.4, -0.2) is 43.8 Å². The van der Waals surface area contributed by atoms with E-state index in [-0.39, 0.29) is 5.91 Å². The Balaban J connectivity index is 2.10. The number of methoxy groups -OCH3 is 3. The van der Waals surface area contributed by atoms with Gasteiger partial charge in [-0.1, -0.05) is 11.3 Å². The number of hydrogen-bond acceptors (Lipinski definition) is 6. The van der Waals surface area contributed by atoms with Crippen molar-refractivity contribution in [2.75, 3.05) is 33.3 Å². The largest absolute Gasteiger partial charge is 0.497 e. The second-order valence-electron chi connectivity index (χ2n) is 5.88. The molecule has 0 atom stereocenters. The fourth-order valence-corrected chi connectivity index (χ4v) is 4.19. The second-order valence-corrected chi connectivity index (χ2v) is 7.88. The van der Waals surface area contributed by atoms with Gasteiger partial charge in [0.1, 0.15) is 17.2 Å². The van der Waals surface area contributed by atoms with Crippen LogP contribution in [0.5, 0.6) is 17.2 Å². The SMILES string of the molecule is COc1cc(OC)cc(C(=O)N=c2sc3cc(OC)ccc3n2CCSC)c1. The van der Waals surface area contributed by atoms with Crippen molar-refractivity contribution in [1.29, 1.82) is 0 Å². The van der Waals surface area contributed by atoms with Crippen LogP contribution in [0.2, 0.25) is 0 Å². The summed E-state index contributed by atoms with van der Waals surface area (Å²) < 4.78 is 18.9. The number of aryl methyl sites for hydroxylation is 1. The summed E-state index contributed by atoms with van der Waals surface area (Å²) >= 11 is 3.22. The molecule has 1 amide bonds. The molecule has 0 aliphatic rings. The highest BCUT2D eigenvalue weighted by atomic mass is 32.2. The zero-order valence-corrected chi connectivity index (χ0v) is 17.9. The minimum atomic E-state index is -0.339. The number of carbonyl (C=O) groups excluding carboxylic acids is 1. The number of aromatic nitrogens is 1. The van der Waals surface area contributed by atoms with Crippen LogP contribution in [0, 0.1) is 0 Å². The highest BCUT2D eigenvalue weighted by Gasteiger charge is 2.12. The van der Waals surface area contributed by atoms with E-state index >= 15 is 0 Å². The summed E-state index contributed by atoms with van der Waals surface area (Å²) in [5.74, 6) is 2.46. The van der Waals surface area contributed by atoms with Crippen LogP contribution in [0.1, 0.15) is 10.4 Å². The summed E-state index contributed by atoms with van der Waals surface area (Å²) in [6.45, 7) is 0.765. The van der Waals surface area contributed by atoms with Crippen molar-refractivity contribution in [3.8, 4) is 17.2 Å². The zero-order valence-electron chi connectivity index (χ0n) is 16.2. The molecule has 3 aromatic rings. The highest BCUT2D eigenvalue weighted by Crippen LogP contribution is 2.25. The van der Waals surface area contributed by atoms with Crippen molar-refractivity contribution >= 4 is 39.2 Å². The molecule has 8 heteroatoms. The maximum absolute atomic E-state index is 12.9. The molecule has 0 N–H and O–H groups in total. The number of nitrogens with zero attached hydrogens (tertiary/aromatic N) is 2. The first kappa shape index (κ1) is 20.3. The topological polar surface area (TPSA) is 62.1 Å². The van der Waals surface area contributed by atoms with Crippen molar-refractivity contribution in [2.24, 2.45) is 4.99 Å². The van der Waals surface area contributed by atoms with E-state index in [4.69, 9.17) is 14.2 Å². The third-order valence-electron chi connectivity index (χ3n) is 4.20. The molecule has 3 rings (SSSR count). The fraction of sp³-hybridized carbons (Fsp3) is 0.300. The van der Waals surface area contributed by atoms with E-state index in [0.29, 0.717) is 21.9 Å². The predicted octanol–water partition coefficient (Wildman–Crippen LogP) is 3.83. The summed E-state index contributed by atoms with van der Waals surface area (Å²) in [6.07, 6.45) is 2.06. The predicted molar refractivity (Wildman–Crippen MR) is 114 cm³/mol. The molecule has 28 heavy (non-hydrogen) atoms. The van der Waals surface area contributed by atoms with Gasteiger partial charge in [-0.05, 0) is 36.6 Å². The lowest BCUT2D eigenvalue weighted by Gasteiger charge is -2.06. The fourth-order valence-electron chi connectivity index (χ4n) is 2.75. The zero-order chi connectivity index (χ0) is 20.1. The summed E-state index contributed by atoms with van der Waals surface area (Å²) in [7, 11) is 4.74. The van der Waals surface area contributed by atoms with Crippen LogP contribution in [0.15, 0.2) is 41.4 Å². The molecule has 0 aliphatic carbocycles. The number of amides is 1. The number of carbonyl (C=O) groups is 1.